The van der Waals surface area contributed by atoms with Crippen molar-refractivity contribution in [1.82, 2.24) is 0 Å². The van der Waals surface area contributed by atoms with E-state index < -0.39 is 0 Å². The van der Waals surface area contributed by atoms with Crippen molar-refractivity contribution in [3.8, 4) is 0 Å². The molecular formula is C14H28. The Morgan fingerprint density at radius 1 is 0.643 bits per heavy atom. The zero-order chi connectivity index (χ0) is 10.2. The molecule has 0 spiro atoms. The molecule has 2 aliphatic carbocycles. The van der Waals surface area contributed by atoms with Gasteiger partial charge in [-0.05, 0) is 11.8 Å². The molecule has 0 aromatic rings. The van der Waals surface area contributed by atoms with E-state index in [0.29, 0.717) is 0 Å². The Kier molecular flexibility index (Phi) is 6.31. The molecule has 0 aromatic heterocycles. The van der Waals surface area contributed by atoms with Crippen molar-refractivity contribution in [3.05, 3.63) is 0 Å². The summed E-state index contributed by atoms with van der Waals surface area (Å²) in [4.78, 5) is 0. The van der Waals surface area contributed by atoms with Gasteiger partial charge >= 0.3 is 0 Å². The van der Waals surface area contributed by atoms with Crippen LogP contribution >= 0.6 is 0 Å². The van der Waals surface area contributed by atoms with Crippen LogP contribution in [0.3, 0.4) is 0 Å². The lowest BCUT2D eigenvalue weighted by Crippen LogP contribution is -2.08. The summed E-state index contributed by atoms with van der Waals surface area (Å²) in [6.07, 6.45) is 14.9. The van der Waals surface area contributed by atoms with Gasteiger partial charge in [-0.2, -0.15) is 0 Å². The third kappa shape index (κ3) is 4.48. The normalized spacial score (nSPS) is 23.6. The average Bonchev–Trinajstić information content (AvgIpc) is 2.18. The fourth-order valence-corrected chi connectivity index (χ4v) is 2.50. The maximum atomic E-state index is 2.32. The van der Waals surface area contributed by atoms with E-state index >= 15 is 0 Å². The maximum absolute atomic E-state index is 2.32. The fourth-order valence-electron chi connectivity index (χ4n) is 2.50. The quantitative estimate of drug-likeness (QED) is 0.571. The second-order valence-electron chi connectivity index (χ2n) is 5.12. The van der Waals surface area contributed by atoms with E-state index in [0.717, 1.165) is 11.8 Å². The minimum atomic E-state index is 1.09. The Labute approximate surface area is 90.5 Å². The molecule has 2 rings (SSSR count). The summed E-state index contributed by atoms with van der Waals surface area (Å²) >= 11 is 0. The van der Waals surface area contributed by atoms with Crippen molar-refractivity contribution in [2.24, 2.45) is 11.8 Å². The smallest absolute Gasteiger partial charge is 0.0417 e. The van der Waals surface area contributed by atoms with Crippen LogP contribution < -0.4 is 0 Å². The van der Waals surface area contributed by atoms with E-state index in [1.807, 2.05) is 0 Å². The van der Waals surface area contributed by atoms with Crippen molar-refractivity contribution in [2.75, 3.05) is 0 Å². The summed E-state index contributed by atoms with van der Waals surface area (Å²) in [5.74, 6) is 2.20. The molecule has 0 N–H and O–H groups in total. The van der Waals surface area contributed by atoms with Crippen LogP contribution in [0.1, 0.15) is 78.1 Å². The van der Waals surface area contributed by atoms with Crippen LogP contribution in [0, 0.1) is 11.8 Å². The highest BCUT2D eigenvalue weighted by Crippen LogP contribution is 2.28. The first-order chi connectivity index (χ1) is 6.86. The second-order valence-corrected chi connectivity index (χ2v) is 5.12. The van der Waals surface area contributed by atoms with E-state index in [4.69, 9.17) is 0 Å². The summed E-state index contributed by atoms with van der Waals surface area (Å²) in [5.41, 5.74) is 0. The number of rotatable bonds is 2. The zero-order valence-electron chi connectivity index (χ0n) is 10.2. The molecule has 0 aliphatic heterocycles. The maximum Gasteiger partial charge on any atom is -0.0417 e. The van der Waals surface area contributed by atoms with Gasteiger partial charge in [-0.15, -0.1) is 0 Å². The van der Waals surface area contributed by atoms with E-state index in [-0.39, 0.29) is 0 Å². The van der Waals surface area contributed by atoms with E-state index in [9.17, 15) is 0 Å². The average molecular weight is 196 g/mol. The van der Waals surface area contributed by atoms with Gasteiger partial charge < -0.3 is 0 Å². The molecule has 2 saturated carbocycles. The molecule has 0 heteroatoms. The lowest BCUT2D eigenvalue weighted by atomic mass is 9.84. The van der Waals surface area contributed by atoms with Crippen LogP contribution in [0.4, 0.5) is 0 Å². The Hall–Kier alpha value is 0. The highest BCUT2D eigenvalue weighted by Gasteiger charge is 2.13. The Balaban J connectivity index is 0.000000146. The first kappa shape index (κ1) is 12.1. The third-order valence-corrected chi connectivity index (χ3v) is 4.10. The number of hydrogen-bond acceptors (Lipinski definition) is 0. The molecule has 2 fully saturated rings. The summed E-state index contributed by atoms with van der Waals surface area (Å²) in [6.45, 7) is 4.60. The van der Waals surface area contributed by atoms with Gasteiger partial charge in [-0.3, -0.25) is 0 Å². The third-order valence-electron chi connectivity index (χ3n) is 4.10. The molecular weight excluding hydrogens is 168 g/mol. The molecule has 0 saturated heterocycles. The van der Waals surface area contributed by atoms with Crippen LogP contribution in [0.25, 0.3) is 0 Å². The summed E-state index contributed by atoms with van der Waals surface area (Å²) in [5, 5.41) is 0. The predicted octanol–water partition coefficient (Wildman–Crippen LogP) is 5.17. The minimum absolute atomic E-state index is 1.09. The van der Waals surface area contributed by atoms with E-state index in [1.54, 1.807) is 0 Å². The van der Waals surface area contributed by atoms with Crippen molar-refractivity contribution in [3.63, 3.8) is 0 Å². The molecule has 2 aliphatic rings. The lowest BCUT2D eigenvalue weighted by Gasteiger charge is -2.22. The van der Waals surface area contributed by atoms with Crippen molar-refractivity contribution in [1.29, 1.82) is 0 Å². The topological polar surface area (TPSA) is 0 Å². The molecule has 0 heterocycles. The molecule has 84 valence electrons. The highest BCUT2D eigenvalue weighted by molar-refractivity contribution is 4.66. The molecule has 0 amide bonds. The highest BCUT2D eigenvalue weighted by atomic mass is 14.2. The number of hydrogen-bond donors (Lipinski definition) is 0. The van der Waals surface area contributed by atoms with Gasteiger partial charge in [0.15, 0.2) is 0 Å². The first-order valence-electron chi connectivity index (χ1n) is 6.86. The van der Waals surface area contributed by atoms with Crippen LogP contribution in [0.15, 0.2) is 0 Å². The van der Waals surface area contributed by atoms with Crippen LogP contribution in [-0.2, 0) is 0 Å². The van der Waals surface area contributed by atoms with Gasteiger partial charge in [-0.1, -0.05) is 78.1 Å². The van der Waals surface area contributed by atoms with Gasteiger partial charge in [0.2, 0.25) is 0 Å². The molecule has 0 atom stereocenters. The molecule has 0 aromatic carbocycles. The second kappa shape index (κ2) is 7.31. The molecule has 0 unspecified atom stereocenters. The minimum Gasteiger partial charge on any atom is -0.0651 e. The standard InChI is InChI=1S/C8H16.C6H12/c1-2-8-6-4-3-5-7-8;1-2-6-4-3-5-6/h8H,2-7H2,1H3;6H,2-5H2,1H3. The van der Waals surface area contributed by atoms with Crippen LogP contribution in [0.2, 0.25) is 0 Å². The van der Waals surface area contributed by atoms with Gasteiger partial charge in [-0.25, -0.2) is 0 Å². The molecule has 0 nitrogen and oxygen atoms in total. The zero-order valence-corrected chi connectivity index (χ0v) is 10.2. The van der Waals surface area contributed by atoms with Gasteiger partial charge in [0.1, 0.15) is 0 Å². The summed E-state index contributed by atoms with van der Waals surface area (Å²) < 4.78 is 0. The first-order valence-corrected chi connectivity index (χ1v) is 6.86. The summed E-state index contributed by atoms with van der Waals surface area (Å²) in [6, 6.07) is 0. The Morgan fingerprint density at radius 2 is 1.07 bits per heavy atom. The SMILES string of the molecule is CCC1CCC1.CCC1CCCCC1. The largest absolute Gasteiger partial charge is 0.0651 e. The summed E-state index contributed by atoms with van der Waals surface area (Å²) in [7, 11) is 0. The molecule has 14 heavy (non-hydrogen) atoms. The van der Waals surface area contributed by atoms with E-state index in [2.05, 4.69) is 13.8 Å². The lowest BCUT2D eigenvalue weighted by molar-refractivity contribution is 0.307. The van der Waals surface area contributed by atoms with Crippen LogP contribution in [0.5, 0.6) is 0 Å². The van der Waals surface area contributed by atoms with Crippen LogP contribution in [-0.4, -0.2) is 0 Å². The molecule has 0 radical (unpaired) electrons. The Bertz CT molecular complexity index is 115. The fraction of sp³-hybridized carbons (Fsp3) is 1.00. The monoisotopic (exact) mass is 196 g/mol. The van der Waals surface area contributed by atoms with E-state index in [1.165, 1.54) is 64.2 Å². The van der Waals surface area contributed by atoms with Crippen molar-refractivity contribution >= 4 is 0 Å². The van der Waals surface area contributed by atoms with Crippen molar-refractivity contribution in [2.45, 2.75) is 78.1 Å². The predicted molar refractivity (Wildman–Crippen MR) is 64.5 cm³/mol. The Morgan fingerprint density at radius 3 is 1.29 bits per heavy atom. The van der Waals surface area contributed by atoms with Crippen molar-refractivity contribution < 1.29 is 0 Å². The van der Waals surface area contributed by atoms with Gasteiger partial charge in [0, 0.05) is 0 Å². The van der Waals surface area contributed by atoms with Gasteiger partial charge in [0.25, 0.3) is 0 Å². The molecule has 0 bridgehead atoms. The van der Waals surface area contributed by atoms with Gasteiger partial charge in [0.05, 0.1) is 0 Å².